The van der Waals surface area contributed by atoms with Gasteiger partial charge in [0.2, 0.25) is 11.7 Å². The molecular weight excluding hydrogens is 485 g/mol. The first-order valence-corrected chi connectivity index (χ1v) is 11.3. The monoisotopic (exact) mass is 511 g/mol. The molecule has 11 heteroatoms. The summed E-state index contributed by atoms with van der Waals surface area (Å²) in [6.07, 6.45) is 0.372. The topological polar surface area (TPSA) is 111 Å². The van der Waals surface area contributed by atoms with Crippen LogP contribution in [0.15, 0.2) is 36.4 Å². The molecule has 1 unspecified atom stereocenters. The lowest BCUT2D eigenvalue weighted by Crippen LogP contribution is -2.51. The van der Waals surface area contributed by atoms with Gasteiger partial charge in [0.15, 0.2) is 6.61 Å². The summed E-state index contributed by atoms with van der Waals surface area (Å²) < 4.78 is 10.6. The lowest BCUT2D eigenvalue weighted by molar-refractivity contribution is -0.385. The van der Waals surface area contributed by atoms with Crippen LogP contribution in [0.3, 0.4) is 0 Å². The quantitative estimate of drug-likeness (QED) is 0.348. The van der Waals surface area contributed by atoms with E-state index in [-0.39, 0.29) is 35.7 Å². The Hall–Kier alpha value is -3.04. The highest BCUT2D eigenvalue weighted by Crippen LogP contribution is 2.31. The molecule has 0 aliphatic heterocycles. The Bertz CT molecular complexity index is 1050. The van der Waals surface area contributed by atoms with Crippen LogP contribution in [0, 0.1) is 10.1 Å². The Morgan fingerprint density at radius 2 is 1.85 bits per heavy atom. The van der Waals surface area contributed by atoms with E-state index in [4.69, 9.17) is 32.7 Å². The van der Waals surface area contributed by atoms with Crippen LogP contribution in [0.2, 0.25) is 10.0 Å². The number of hydrogen-bond donors (Lipinski definition) is 1. The van der Waals surface area contributed by atoms with Crippen LogP contribution >= 0.6 is 23.2 Å². The normalized spacial score (nSPS) is 11.6. The molecule has 9 nitrogen and oxygen atoms in total. The Morgan fingerprint density at radius 1 is 1.15 bits per heavy atom. The molecule has 2 amide bonds. The fourth-order valence-electron chi connectivity index (χ4n) is 3.26. The van der Waals surface area contributed by atoms with Crippen molar-refractivity contribution < 1.29 is 24.0 Å². The standard InChI is InChI=1S/C23H27Cl2N3O6/c1-5-19(23(30)26-14(2)3)27(12-15-6-8-17(24)18(25)10-15)22(29)13-34-16-7-9-20(28(31)32)21(11-16)33-4/h6-11,14,19H,5,12-13H2,1-4H3,(H,26,30). The van der Waals surface area contributed by atoms with Gasteiger partial charge in [-0.3, -0.25) is 19.7 Å². The fraction of sp³-hybridized carbons (Fsp3) is 0.391. The molecular formula is C23H27Cl2N3O6. The van der Waals surface area contributed by atoms with Crippen LogP contribution in [0.4, 0.5) is 5.69 Å². The molecule has 0 heterocycles. The minimum Gasteiger partial charge on any atom is -0.490 e. The van der Waals surface area contributed by atoms with Crippen molar-refractivity contribution in [1.29, 1.82) is 0 Å². The van der Waals surface area contributed by atoms with Crippen molar-refractivity contribution in [3.8, 4) is 11.5 Å². The van der Waals surface area contributed by atoms with Gasteiger partial charge >= 0.3 is 5.69 Å². The molecule has 1 atom stereocenters. The molecule has 0 aliphatic rings. The number of nitro groups is 1. The summed E-state index contributed by atoms with van der Waals surface area (Å²) in [5.74, 6) is -0.521. The summed E-state index contributed by atoms with van der Waals surface area (Å²) in [4.78, 5) is 38.0. The van der Waals surface area contributed by atoms with Gasteiger partial charge in [0.05, 0.1) is 22.1 Å². The van der Waals surface area contributed by atoms with Crippen LogP contribution in [0.25, 0.3) is 0 Å². The zero-order valence-corrected chi connectivity index (χ0v) is 20.9. The molecule has 2 aromatic carbocycles. The molecule has 184 valence electrons. The van der Waals surface area contributed by atoms with Gasteiger partial charge in [0, 0.05) is 24.7 Å². The van der Waals surface area contributed by atoms with Gasteiger partial charge in [-0.25, -0.2) is 0 Å². The lowest BCUT2D eigenvalue weighted by atomic mass is 10.1. The molecule has 0 radical (unpaired) electrons. The Balaban J connectivity index is 2.27. The number of amides is 2. The number of ether oxygens (including phenoxy) is 2. The van der Waals surface area contributed by atoms with E-state index in [1.807, 2.05) is 20.8 Å². The van der Waals surface area contributed by atoms with E-state index in [0.29, 0.717) is 22.0 Å². The van der Waals surface area contributed by atoms with Crippen LogP contribution in [-0.2, 0) is 16.1 Å². The summed E-state index contributed by atoms with van der Waals surface area (Å²) in [6.45, 7) is 5.18. The zero-order chi connectivity index (χ0) is 25.4. The average Bonchev–Trinajstić information content (AvgIpc) is 2.78. The number of carbonyl (C=O) groups excluding carboxylic acids is 2. The van der Waals surface area contributed by atoms with E-state index in [2.05, 4.69) is 5.32 Å². The first kappa shape index (κ1) is 27.2. The van der Waals surface area contributed by atoms with Crippen molar-refractivity contribution in [3.05, 3.63) is 62.1 Å². The highest BCUT2D eigenvalue weighted by molar-refractivity contribution is 6.42. The van der Waals surface area contributed by atoms with E-state index in [0.717, 1.165) is 0 Å². The Morgan fingerprint density at radius 3 is 2.41 bits per heavy atom. The fourth-order valence-corrected chi connectivity index (χ4v) is 3.58. The van der Waals surface area contributed by atoms with Gasteiger partial charge in [-0.1, -0.05) is 36.2 Å². The summed E-state index contributed by atoms with van der Waals surface area (Å²) in [5, 5.41) is 14.6. The van der Waals surface area contributed by atoms with E-state index in [1.54, 1.807) is 18.2 Å². The van der Waals surface area contributed by atoms with Gasteiger partial charge in [-0.2, -0.15) is 0 Å². The Labute approximate surface area is 208 Å². The van der Waals surface area contributed by atoms with Crippen molar-refractivity contribution in [1.82, 2.24) is 10.2 Å². The van der Waals surface area contributed by atoms with Crippen molar-refractivity contribution in [2.45, 2.75) is 45.8 Å². The summed E-state index contributed by atoms with van der Waals surface area (Å²) >= 11 is 12.1. The predicted octanol–water partition coefficient (Wildman–Crippen LogP) is 4.62. The van der Waals surface area contributed by atoms with Crippen LogP contribution in [0.1, 0.15) is 32.8 Å². The molecule has 0 spiro atoms. The third-order valence-electron chi connectivity index (χ3n) is 4.86. The van der Waals surface area contributed by atoms with Gasteiger partial charge in [0.25, 0.3) is 5.91 Å². The van der Waals surface area contributed by atoms with Crippen molar-refractivity contribution in [2.24, 2.45) is 0 Å². The predicted molar refractivity (Wildman–Crippen MR) is 130 cm³/mol. The highest BCUT2D eigenvalue weighted by Gasteiger charge is 2.29. The molecule has 0 bridgehead atoms. The van der Waals surface area contributed by atoms with Crippen molar-refractivity contribution in [3.63, 3.8) is 0 Å². The summed E-state index contributed by atoms with van der Waals surface area (Å²) in [7, 11) is 1.30. The third-order valence-corrected chi connectivity index (χ3v) is 5.60. The molecule has 0 saturated carbocycles. The molecule has 0 aromatic heterocycles. The smallest absolute Gasteiger partial charge is 0.311 e. The number of halogens is 2. The lowest BCUT2D eigenvalue weighted by Gasteiger charge is -2.31. The largest absolute Gasteiger partial charge is 0.490 e. The average molecular weight is 512 g/mol. The van der Waals surface area contributed by atoms with E-state index >= 15 is 0 Å². The second kappa shape index (κ2) is 12.4. The van der Waals surface area contributed by atoms with Crippen LogP contribution in [0.5, 0.6) is 11.5 Å². The molecule has 2 rings (SSSR count). The maximum atomic E-state index is 13.2. The van der Waals surface area contributed by atoms with Gasteiger partial charge < -0.3 is 19.7 Å². The minimum absolute atomic E-state index is 0.00496. The van der Waals surface area contributed by atoms with Crippen LogP contribution < -0.4 is 14.8 Å². The number of carbonyl (C=O) groups is 2. The van der Waals surface area contributed by atoms with E-state index in [9.17, 15) is 19.7 Å². The van der Waals surface area contributed by atoms with Crippen LogP contribution in [-0.4, -0.2) is 47.4 Å². The number of rotatable bonds is 11. The number of nitrogens with one attached hydrogen (secondary N) is 1. The SMILES string of the molecule is CCC(C(=O)NC(C)C)N(Cc1ccc(Cl)c(Cl)c1)C(=O)COc1ccc([N+](=O)[O-])c(OC)c1. The van der Waals surface area contributed by atoms with E-state index < -0.39 is 23.5 Å². The van der Waals surface area contributed by atoms with Gasteiger partial charge in [-0.15, -0.1) is 0 Å². The maximum Gasteiger partial charge on any atom is 0.311 e. The van der Waals surface area contributed by atoms with Gasteiger partial charge in [0.1, 0.15) is 11.8 Å². The first-order chi connectivity index (χ1) is 16.1. The molecule has 0 aliphatic carbocycles. The van der Waals surface area contributed by atoms with Gasteiger partial charge in [-0.05, 0) is 44.0 Å². The molecule has 0 fully saturated rings. The van der Waals surface area contributed by atoms with E-state index in [1.165, 1.54) is 30.2 Å². The second-order valence-corrected chi connectivity index (χ2v) is 8.55. The minimum atomic E-state index is -0.751. The van der Waals surface area contributed by atoms with Crippen molar-refractivity contribution >= 4 is 40.7 Å². The summed E-state index contributed by atoms with van der Waals surface area (Å²) in [6, 6.07) is 8.07. The zero-order valence-electron chi connectivity index (χ0n) is 19.3. The number of benzene rings is 2. The molecule has 1 N–H and O–H groups in total. The third kappa shape index (κ3) is 7.23. The number of nitro benzene ring substituents is 1. The highest BCUT2D eigenvalue weighted by atomic mass is 35.5. The number of hydrogen-bond acceptors (Lipinski definition) is 6. The molecule has 2 aromatic rings. The summed E-state index contributed by atoms with van der Waals surface area (Å²) in [5.41, 5.74) is 0.467. The number of methoxy groups -OCH3 is 1. The second-order valence-electron chi connectivity index (χ2n) is 7.74. The number of nitrogens with zero attached hydrogens (tertiary/aromatic N) is 2. The van der Waals surface area contributed by atoms with Crippen molar-refractivity contribution in [2.75, 3.05) is 13.7 Å². The Kier molecular flexibility index (Phi) is 9.95. The first-order valence-electron chi connectivity index (χ1n) is 10.6. The molecule has 0 saturated heterocycles. The molecule has 34 heavy (non-hydrogen) atoms. The maximum absolute atomic E-state index is 13.2.